The van der Waals surface area contributed by atoms with Crippen molar-refractivity contribution < 1.29 is 8.78 Å². The average Bonchev–Trinajstić information content (AvgIpc) is 2.28. The highest BCUT2D eigenvalue weighted by molar-refractivity contribution is 5.41. The first kappa shape index (κ1) is 12.7. The molecule has 0 radical (unpaired) electrons. The van der Waals surface area contributed by atoms with Crippen LogP contribution in [-0.2, 0) is 5.54 Å². The highest BCUT2D eigenvalue weighted by atomic mass is 19.1. The van der Waals surface area contributed by atoms with Crippen LogP contribution < -0.4 is 5.73 Å². The summed E-state index contributed by atoms with van der Waals surface area (Å²) < 4.78 is 26.8. The predicted molar refractivity (Wildman–Crippen MR) is 68.2 cm³/mol. The Morgan fingerprint density at radius 1 is 1.00 bits per heavy atom. The van der Waals surface area contributed by atoms with Crippen LogP contribution in [-0.4, -0.2) is 0 Å². The number of nitrogens with two attached hydrogens (primary N) is 1. The van der Waals surface area contributed by atoms with E-state index in [0.717, 1.165) is 17.2 Å². The van der Waals surface area contributed by atoms with Crippen LogP contribution in [0.4, 0.5) is 8.78 Å². The summed E-state index contributed by atoms with van der Waals surface area (Å²) in [6, 6.07) is 11.0. The highest BCUT2D eigenvalue weighted by Crippen LogP contribution is 2.30. The lowest BCUT2D eigenvalue weighted by Crippen LogP contribution is -2.36. The van der Waals surface area contributed by atoms with Gasteiger partial charge in [0.1, 0.15) is 11.6 Å². The molecule has 2 aromatic rings. The molecule has 0 saturated heterocycles. The number of benzene rings is 2. The van der Waals surface area contributed by atoms with E-state index in [9.17, 15) is 8.78 Å². The van der Waals surface area contributed by atoms with Crippen LogP contribution in [0.2, 0.25) is 0 Å². The Morgan fingerprint density at radius 2 is 1.67 bits per heavy atom. The van der Waals surface area contributed by atoms with Crippen molar-refractivity contribution in [3.63, 3.8) is 0 Å². The molecule has 0 aliphatic heterocycles. The van der Waals surface area contributed by atoms with E-state index in [-0.39, 0.29) is 0 Å². The molecule has 0 aromatic heterocycles. The molecule has 0 amide bonds. The molecule has 2 rings (SSSR count). The van der Waals surface area contributed by atoms with E-state index < -0.39 is 17.2 Å². The second-order valence-electron chi connectivity index (χ2n) is 4.64. The topological polar surface area (TPSA) is 26.0 Å². The molecule has 1 unspecified atom stereocenters. The van der Waals surface area contributed by atoms with Gasteiger partial charge in [0.2, 0.25) is 0 Å². The molecule has 0 saturated carbocycles. The minimum absolute atomic E-state index is 0.290. The van der Waals surface area contributed by atoms with Crippen molar-refractivity contribution in [1.29, 1.82) is 0 Å². The minimum atomic E-state index is -0.983. The zero-order valence-corrected chi connectivity index (χ0v) is 10.4. The van der Waals surface area contributed by atoms with Crippen LogP contribution in [0.25, 0.3) is 0 Å². The van der Waals surface area contributed by atoms with Crippen molar-refractivity contribution in [3.05, 3.63) is 70.8 Å². The normalized spacial score (nSPS) is 14.3. The first-order chi connectivity index (χ1) is 8.43. The molecule has 18 heavy (non-hydrogen) atoms. The van der Waals surface area contributed by atoms with Crippen molar-refractivity contribution >= 4 is 0 Å². The van der Waals surface area contributed by atoms with Crippen LogP contribution in [0.1, 0.15) is 23.6 Å². The minimum Gasteiger partial charge on any atom is -0.318 e. The first-order valence-electron chi connectivity index (χ1n) is 5.73. The summed E-state index contributed by atoms with van der Waals surface area (Å²) in [6.45, 7) is 3.65. The average molecular weight is 247 g/mol. The van der Waals surface area contributed by atoms with Gasteiger partial charge in [-0.15, -0.1) is 0 Å². The molecule has 94 valence electrons. The third kappa shape index (κ3) is 2.14. The van der Waals surface area contributed by atoms with E-state index in [0.29, 0.717) is 5.56 Å². The van der Waals surface area contributed by atoms with Gasteiger partial charge < -0.3 is 5.73 Å². The Morgan fingerprint density at radius 3 is 2.28 bits per heavy atom. The fraction of sp³-hybridized carbons (Fsp3) is 0.200. The van der Waals surface area contributed by atoms with Crippen molar-refractivity contribution in [2.24, 2.45) is 5.73 Å². The molecular weight excluding hydrogens is 232 g/mol. The van der Waals surface area contributed by atoms with E-state index in [1.807, 2.05) is 31.2 Å². The van der Waals surface area contributed by atoms with Gasteiger partial charge in [-0.25, -0.2) is 8.78 Å². The van der Waals surface area contributed by atoms with Crippen LogP contribution in [0.3, 0.4) is 0 Å². The Kier molecular flexibility index (Phi) is 3.18. The molecule has 0 heterocycles. The van der Waals surface area contributed by atoms with Gasteiger partial charge in [-0.05, 0) is 31.0 Å². The van der Waals surface area contributed by atoms with E-state index in [4.69, 9.17) is 5.73 Å². The number of aryl methyl sites for hydroxylation is 1. The molecule has 0 spiro atoms. The SMILES string of the molecule is Cc1ccccc1C(C)(N)c1ccc(F)cc1F. The zero-order chi connectivity index (χ0) is 13.3. The first-order valence-corrected chi connectivity index (χ1v) is 5.73. The molecule has 0 aliphatic carbocycles. The number of hydrogen-bond donors (Lipinski definition) is 1. The highest BCUT2D eigenvalue weighted by Gasteiger charge is 2.28. The molecular formula is C15H15F2N. The fourth-order valence-corrected chi connectivity index (χ4v) is 2.21. The van der Waals surface area contributed by atoms with E-state index in [1.165, 1.54) is 12.1 Å². The van der Waals surface area contributed by atoms with E-state index in [1.54, 1.807) is 6.92 Å². The van der Waals surface area contributed by atoms with Crippen molar-refractivity contribution in [2.75, 3.05) is 0 Å². The Bertz CT molecular complexity index is 576. The lowest BCUT2D eigenvalue weighted by atomic mass is 9.83. The van der Waals surface area contributed by atoms with Gasteiger partial charge in [-0.3, -0.25) is 0 Å². The summed E-state index contributed by atoms with van der Waals surface area (Å²) in [7, 11) is 0. The lowest BCUT2D eigenvalue weighted by Gasteiger charge is -2.28. The van der Waals surface area contributed by atoms with Crippen molar-refractivity contribution in [2.45, 2.75) is 19.4 Å². The number of rotatable bonds is 2. The Labute approximate surface area is 105 Å². The van der Waals surface area contributed by atoms with Crippen LogP contribution in [0, 0.1) is 18.6 Å². The maximum absolute atomic E-state index is 13.8. The van der Waals surface area contributed by atoms with Crippen LogP contribution >= 0.6 is 0 Å². The smallest absolute Gasteiger partial charge is 0.131 e. The van der Waals surface area contributed by atoms with Gasteiger partial charge in [0.05, 0.1) is 5.54 Å². The van der Waals surface area contributed by atoms with Gasteiger partial charge >= 0.3 is 0 Å². The summed E-state index contributed by atoms with van der Waals surface area (Å²) in [5, 5.41) is 0. The molecule has 3 heteroatoms. The molecule has 2 N–H and O–H groups in total. The molecule has 2 aromatic carbocycles. The summed E-state index contributed by atoms with van der Waals surface area (Å²) in [6.07, 6.45) is 0. The zero-order valence-electron chi connectivity index (χ0n) is 10.4. The number of halogens is 2. The van der Waals surface area contributed by atoms with Crippen LogP contribution in [0.15, 0.2) is 42.5 Å². The second-order valence-corrected chi connectivity index (χ2v) is 4.64. The maximum atomic E-state index is 13.8. The Hall–Kier alpha value is -1.74. The monoisotopic (exact) mass is 247 g/mol. The molecule has 0 bridgehead atoms. The van der Waals surface area contributed by atoms with Gasteiger partial charge in [0, 0.05) is 11.6 Å². The lowest BCUT2D eigenvalue weighted by molar-refractivity contribution is 0.516. The maximum Gasteiger partial charge on any atom is 0.131 e. The molecule has 0 fully saturated rings. The summed E-state index contributed by atoms with van der Waals surface area (Å²) in [5.41, 5.74) is 7.36. The largest absolute Gasteiger partial charge is 0.318 e. The van der Waals surface area contributed by atoms with Gasteiger partial charge in [0.15, 0.2) is 0 Å². The third-order valence-corrected chi connectivity index (χ3v) is 3.20. The molecule has 0 aliphatic rings. The molecule has 1 nitrogen and oxygen atoms in total. The fourth-order valence-electron chi connectivity index (χ4n) is 2.21. The van der Waals surface area contributed by atoms with Crippen molar-refractivity contribution in [1.82, 2.24) is 0 Å². The quantitative estimate of drug-likeness (QED) is 0.863. The van der Waals surface area contributed by atoms with E-state index in [2.05, 4.69) is 0 Å². The standard InChI is InChI=1S/C15H15F2N/c1-10-5-3-4-6-12(10)15(2,18)13-8-7-11(16)9-14(13)17/h3-9H,18H2,1-2H3. The van der Waals surface area contributed by atoms with Gasteiger partial charge in [-0.2, -0.15) is 0 Å². The summed E-state index contributed by atoms with van der Waals surface area (Å²) in [5.74, 6) is -1.22. The predicted octanol–water partition coefficient (Wildman–Crippen LogP) is 3.50. The van der Waals surface area contributed by atoms with Crippen molar-refractivity contribution in [3.8, 4) is 0 Å². The van der Waals surface area contributed by atoms with Gasteiger partial charge in [0.25, 0.3) is 0 Å². The second kappa shape index (κ2) is 4.50. The summed E-state index contributed by atoms with van der Waals surface area (Å²) >= 11 is 0. The third-order valence-electron chi connectivity index (χ3n) is 3.20. The van der Waals surface area contributed by atoms with Gasteiger partial charge in [-0.1, -0.05) is 30.3 Å². The van der Waals surface area contributed by atoms with Crippen LogP contribution in [0.5, 0.6) is 0 Å². The number of hydrogen-bond acceptors (Lipinski definition) is 1. The summed E-state index contributed by atoms with van der Waals surface area (Å²) in [4.78, 5) is 0. The van der Waals surface area contributed by atoms with E-state index >= 15 is 0 Å². The Balaban J connectivity index is 2.58. The molecule has 1 atom stereocenters.